The number of piperidine rings is 1. The van der Waals surface area contributed by atoms with Crippen LogP contribution in [0.15, 0.2) is 30.3 Å². The van der Waals surface area contributed by atoms with Gasteiger partial charge in [-0.2, -0.15) is 0 Å². The van der Waals surface area contributed by atoms with Gasteiger partial charge >= 0.3 is 0 Å². The first-order valence-electron chi connectivity index (χ1n) is 8.78. The minimum Gasteiger partial charge on any atom is -0.353 e. The van der Waals surface area contributed by atoms with Gasteiger partial charge in [0.05, 0.1) is 5.41 Å². The molecule has 3 rings (SSSR count). The van der Waals surface area contributed by atoms with E-state index in [1.807, 2.05) is 6.07 Å². The number of rotatable bonds is 3. The van der Waals surface area contributed by atoms with Crippen LogP contribution in [-0.2, 0) is 10.2 Å². The summed E-state index contributed by atoms with van der Waals surface area (Å²) in [7, 11) is 0. The smallest absolute Gasteiger partial charge is 0.230 e. The molecule has 3 heteroatoms. The number of nitrogens with one attached hydrogen (secondary N) is 2. The normalized spacial score (nSPS) is 28.0. The van der Waals surface area contributed by atoms with E-state index in [1.165, 1.54) is 18.4 Å². The SMILES string of the molecule is CC1CCC(NC(=O)C2(c3ccccc3)CCNCC2)CC1. The van der Waals surface area contributed by atoms with Crippen molar-refractivity contribution in [3.05, 3.63) is 35.9 Å². The van der Waals surface area contributed by atoms with Crippen molar-refractivity contribution >= 4 is 5.91 Å². The fraction of sp³-hybridized carbons (Fsp3) is 0.632. The molecule has 0 bridgehead atoms. The number of carbonyl (C=O) groups is 1. The highest BCUT2D eigenvalue weighted by atomic mass is 16.2. The summed E-state index contributed by atoms with van der Waals surface area (Å²) in [6.07, 6.45) is 6.54. The molecule has 22 heavy (non-hydrogen) atoms. The molecular weight excluding hydrogens is 272 g/mol. The molecular formula is C19H28N2O. The Kier molecular flexibility index (Phi) is 4.82. The molecule has 2 fully saturated rings. The van der Waals surface area contributed by atoms with Gasteiger partial charge in [-0.15, -0.1) is 0 Å². The molecule has 1 heterocycles. The highest BCUT2D eigenvalue weighted by Crippen LogP contribution is 2.34. The lowest BCUT2D eigenvalue weighted by molar-refractivity contribution is -0.128. The quantitative estimate of drug-likeness (QED) is 0.901. The van der Waals surface area contributed by atoms with Crippen molar-refractivity contribution in [1.29, 1.82) is 0 Å². The molecule has 0 spiro atoms. The zero-order chi connectivity index (χ0) is 15.4. The van der Waals surface area contributed by atoms with Crippen LogP contribution < -0.4 is 10.6 Å². The van der Waals surface area contributed by atoms with Crippen LogP contribution in [0.4, 0.5) is 0 Å². The average Bonchev–Trinajstić information content (AvgIpc) is 2.58. The fourth-order valence-electron chi connectivity index (χ4n) is 3.99. The molecule has 1 saturated carbocycles. The third-order valence-electron chi connectivity index (χ3n) is 5.57. The van der Waals surface area contributed by atoms with E-state index in [2.05, 4.69) is 41.8 Å². The maximum absolute atomic E-state index is 13.1. The van der Waals surface area contributed by atoms with Gasteiger partial charge in [0.15, 0.2) is 0 Å². The van der Waals surface area contributed by atoms with E-state index in [1.54, 1.807) is 0 Å². The van der Waals surface area contributed by atoms with Crippen LogP contribution in [-0.4, -0.2) is 25.0 Å². The van der Waals surface area contributed by atoms with Crippen LogP contribution in [0.5, 0.6) is 0 Å². The molecule has 1 aliphatic carbocycles. The summed E-state index contributed by atoms with van der Waals surface area (Å²) < 4.78 is 0. The molecule has 0 unspecified atom stereocenters. The van der Waals surface area contributed by atoms with Crippen LogP contribution in [0.1, 0.15) is 51.0 Å². The highest BCUT2D eigenvalue weighted by Gasteiger charge is 2.41. The lowest BCUT2D eigenvalue weighted by Crippen LogP contribution is -2.53. The zero-order valence-electron chi connectivity index (χ0n) is 13.6. The van der Waals surface area contributed by atoms with Crippen molar-refractivity contribution in [1.82, 2.24) is 10.6 Å². The first kappa shape index (κ1) is 15.5. The van der Waals surface area contributed by atoms with E-state index in [4.69, 9.17) is 0 Å². The van der Waals surface area contributed by atoms with Gasteiger partial charge in [-0.3, -0.25) is 4.79 Å². The first-order chi connectivity index (χ1) is 10.7. The topological polar surface area (TPSA) is 41.1 Å². The number of carbonyl (C=O) groups excluding carboxylic acids is 1. The van der Waals surface area contributed by atoms with E-state index in [0.29, 0.717) is 6.04 Å². The summed E-state index contributed by atoms with van der Waals surface area (Å²) in [6, 6.07) is 10.7. The molecule has 2 aliphatic rings. The van der Waals surface area contributed by atoms with Gasteiger partial charge in [-0.1, -0.05) is 37.3 Å². The minimum absolute atomic E-state index is 0.250. The third kappa shape index (κ3) is 3.19. The molecule has 1 aromatic rings. The van der Waals surface area contributed by atoms with Gasteiger partial charge in [0.2, 0.25) is 5.91 Å². The van der Waals surface area contributed by atoms with E-state index >= 15 is 0 Å². The molecule has 1 aromatic carbocycles. The van der Waals surface area contributed by atoms with Gasteiger partial charge in [0, 0.05) is 6.04 Å². The van der Waals surface area contributed by atoms with Crippen LogP contribution in [0.3, 0.4) is 0 Å². The summed E-state index contributed by atoms with van der Waals surface area (Å²) in [6.45, 7) is 4.16. The second-order valence-corrected chi connectivity index (χ2v) is 7.13. The molecule has 0 atom stereocenters. The van der Waals surface area contributed by atoms with Crippen molar-refractivity contribution < 1.29 is 4.79 Å². The molecule has 0 radical (unpaired) electrons. The largest absolute Gasteiger partial charge is 0.353 e. The van der Waals surface area contributed by atoms with E-state index < -0.39 is 0 Å². The van der Waals surface area contributed by atoms with Crippen molar-refractivity contribution in [2.45, 2.75) is 56.9 Å². The van der Waals surface area contributed by atoms with E-state index in [9.17, 15) is 4.79 Å². The predicted octanol–water partition coefficient (Wildman–Crippen LogP) is 3.00. The van der Waals surface area contributed by atoms with Crippen LogP contribution in [0.2, 0.25) is 0 Å². The summed E-state index contributed by atoms with van der Waals surface area (Å²) in [5.41, 5.74) is 0.841. The minimum atomic E-state index is -0.338. The Morgan fingerprint density at radius 3 is 2.36 bits per heavy atom. The van der Waals surface area contributed by atoms with Gasteiger partial charge in [-0.05, 0) is 63.1 Å². The molecule has 3 nitrogen and oxygen atoms in total. The average molecular weight is 300 g/mol. The molecule has 0 aromatic heterocycles. The Balaban J connectivity index is 1.76. The standard InChI is InChI=1S/C19H28N2O/c1-15-7-9-17(10-8-15)21-18(22)19(11-13-20-14-12-19)16-5-3-2-4-6-16/h2-6,15,17,20H,7-14H2,1H3,(H,21,22). The Morgan fingerprint density at radius 2 is 1.73 bits per heavy atom. The third-order valence-corrected chi connectivity index (χ3v) is 5.57. The van der Waals surface area contributed by atoms with Crippen molar-refractivity contribution in [2.75, 3.05) is 13.1 Å². The van der Waals surface area contributed by atoms with Gasteiger partial charge in [-0.25, -0.2) is 0 Å². The van der Waals surface area contributed by atoms with Crippen LogP contribution >= 0.6 is 0 Å². The number of hydrogen-bond acceptors (Lipinski definition) is 2. The summed E-state index contributed by atoms with van der Waals surface area (Å²) in [4.78, 5) is 13.1. The lowest BCUT2D eigenvalue weighted by Gasteiger charge is -2.38. The lowest BCUT2D eigenvalue weighted by atomic mass is 9.72. The predicted molar refractivity (Wildman–Crippen MR) is 89.8 cm³/mol. The van der Waals surface area contributed by atoms with Crippen LogP contribution in [0, 0.1) is 5.92 Å². The number of hydrogen-bond donors (Lipinski definition) is 2. The Bertz CT molecular complexity index is 485. The molecule has 1 saturated heterocycles. The summed E-state index contributed by atoms with van der Waals surface area (Å²) in [5, 5.41) is 6.78. The highest BCUT2D eigenvalue weighted by molar-refractivity contribution is 5.88. The van der Waals surface area contributed by atoms with Crippen molar-refractivity contribution in [3.63, 3.8) is 0 Å². The second kappa shape index (κ2) is 6.82. The number of benzene rings is 1. The molecule has 120 valence electrons. The van der Waals surface area contributed by atoms with Crippen molar-refractivity contribution in [3.8, 4) is 0 Å². The monoisotopic (exact) mass is 300 g/mol. The molecule has 2 N–H and O–H groups in total. The maximum Gasteiger partial charge on any atom is 0.230 e. The van der Waals surface area contributed by atoms with Crippen molar-refractivity contribution in [2.24, 2.45) is 5.92 Å². The first-order valence-corrected chi connectivity index (χ1v) is 8.78. The van der Waals surface area contributed by atoms with Gasteiger partial charge < -0.3 is 10.6 Å². The summed E-state index contributed by atoms with van der Waals surface area (Å²) in [5.74, 6) is 1.06. The Labute approximate surface area is 133 Å². The zero-order valence-corrected chi connectivity index (χ0v) is 13.6. The van der Waals surface area contributed by atoms with E-state index in [0.717, 1.165) is 44.7 Å². The fourth-order valence-corrected chi connectivity index (χ4v) is 3.99. The Morgan fingerprint density at radius 1 is 1.09 bits per heavy atom. The van der Waals surface area contributed by atoms with Gasteiger partial charge in [0.25, 0.3) is 0 Å². The second-order valence-electron chi connectivity index (χ2n) is 7.13. The van der Waals surface area contributed by atoms with Gasteiger partial charge in [0.1, 0.15) is 0 Å². The molecule has 1 aliphatic heterocycles. The summed E-state index contributed by atoms with van der Waals surface area (Å²) >= 11 is 0. The maximum atomic E-state index is 13.1. The van der Waals surface area contributed by atoms with E-state index in [-0.39, 0.29) is 11.3 Å². The molecule has 1 amide bonds. The number of amides is 1. The Hall–Kier alpha value is -1.35. The van der Waals surface area contributed by atoms with Crippen LogP contribution in [0.25, 0.3) is 0 Å².